The van der Waals surface area contributed by atoms with Crippen molar-refractivity contribution >= 4 is 0 Å². The van der Waals surface area contributed by atoms with E-state index >= 15 is 0 Å². The highest BCUT2D eigenvalue weighted by Gasteiger charge is 2.44. The molecule has 0 amide bonds. The van der Waals surface area contributed by atoms with Crippen LogP contribution in [0.25, 0.3) is 0 Å². The monoisotopic (exact) mass is 567 g/mol. The Kier molecular flexibility index (Phi) is 13.5. The molecule has 10 heteroatoms. The maximum atomic E-state index is 9.00. The van der Waals surface area contributed by atoms with Crippen molar-refractivity contribution in [2.75, 3.05) is 0 Å². The van der Waals surface area contributed by atoms with Crippen molar-refractivity contribution in [3.8, 4) is 0 Å². The summed E-state index contributed by atoms with van der Waals surface area (Å²) in [6.07, 6.45) is -4.06. The minimum absolute atomic E-state index is 0.0880. The molecule has 0 heterocycles. The van der Waals surface area contributed by atoms with Crippen molar-refractivity contribution in [2.24, 2.45) is 53.3 Å². The van der Waals surface area contributed by atoms with Gasteiger partial charge in [-0.1, -0.05) is 62.3 Å². The fourth-order valence-corrected chi connectivity index (χ4v) is 5.47. The molecular weight excluding hydrogens is 508 g/mol. The highest BCUT2D eigenvalue weighted by Crippen LogP contribution is 2.35. The lowest BCUT2D eigenvalue weighted by atomic mass is 9.71. The van der Waals surface area contributed by atoms with Crippen molar-refractivity contribution in [1.82, 2.24) is 0 Å². The largest absolute Gasteiger partial charge is 0.393 e. The maximum Gasteiger partial charge on any atom is 0.0640 e. The van der Waals surface area contributed by atoms with Gasteiger partial charge >= 0.3 is 0 Å². The number of hydrogen-bond acceptors (Lipinski definition) is 10. The van der Waals surface area contributed by atoms with E-state index in [1.807, 2.05) is 55.4 Å². The molecule has 2 unspecified atom stereocenters. The van der Waals surface area contributed by atoms with Gasteiger partial charge in [0.25, 0.3) is 0 Å². The van der Waals surface area contributed by atoms with Crippen LogP contribution in [0.1, 0.15) is 70.1 Å². The molecule has 5 aliphatic carbocycles. The van der Waals surface area contributed by atoms with Crippen molar-refractivity contribution in [2.45, 2.75) is 130 Å². The fourth-order valence-electron chi connectivity index (χ4n) is 5.47. The molecule has 0 bridgehead atoms. The summed E-state index contributed by atoms with van der Waals surface area (Å²) in [5.74, 6) is 0.604. The Balaban J connectivity index is 0.000000250. The topological polar surface area (TPSA) is 202 Å². The summed E-state index contributed by atoms with van der Waals surface area (Å²) in [5.41, 5.74) is 0. The van der Waals surface area contributed by atoms with Crippen LogP contribution in [0.3, 0.4) is 0 Å². The molecule has 234 valence electrons. The lowest BCUT2D eigenvalue weighted by Crippen LogP contribution is -2.52. The van der Waals surface area contributed by atoms with E-state index in [-0.39, 0.29) is 102 Å². The first kappa shape index (κ1) is 34.8. The Morgan fingerprint density at radius 2 is 0.436 bits per heavy atom. The van der Waals surface area contributed by atoms with E-state index in [9.17, 15) is 0 Å². The summed E-state index contributed by atoms with van der Waals surface area (Å²) < 4.78 is 6.96. The molecule has 0 saturated heterocycles. The van der Waals surface area contributed by atoms with Gasteiger partial charge in [0.1, 0.15) is 0 Å². The van der Waals surface area contributed by atoms with E-state index in [4.69, 9.17) is 52.4 Å². The van der Waals surface area contributed by atoms with Gasteiger partial charge < -0.3 is 51.1 Å². The van der Waals surface area contributed by atoms with E-state index in [0.717, 1.165) is 0 Å². The van der Waals surface area contributed by atoms with E-state index in [2.05, 4.69) is 0 Å². The summed E-state index contributed by atoms with van der Waals surface area (Å²) in [6, 6.07) is 0. The van der Waals surface area contributed by atoms with Crippen LogP contribution in [0.15, 0.2) is 0 Å². The SMILES string of the molecule is CC1C(O)C(C)C1O.CC1C(O)C(C)C1O.CC1C(O)C(C)C1O.CC1C(O)C(C)C1O.[2H]C1C(O)C(C)C1O. The second kappa shape index (κ2) is 15.2. The van der Waals surface area contributed by atoms with Crippen LogP contribution in [0.4, 0.5) is 0 Å². The third-order valence-corrected chi connectivity index (χ3v) is 10.1. The van der Waals surface area contributed by atoms with Gasteiger partial charge in [-0.05, 0) is 6.40 Å². The van der Waals surface area contributed by atoms with Gasteiger partial charge in [-0.2, -0.15) is 0 Å². The van der Waals surface area contributed by atoms with Crippen LogP contribution in [0.5, 0.6) is 0 Å². The van der Waals surface area contributed by atoms with E-state index in [0.29, 0.717) is 0 Å². The van der Waals surface area contributed by atoms with Crippen LogP contribution in [-0.2, 0) is 0 Å². The third kappa shape index (κ3) is 8.34. The molecule has 5 rings (SSSR count). The third-order valence-electron chi connectivity index (χ3n) is 10.1. The highest BCUT2D eigenvalue weighted by molar-refractivity contribution is 4.94. The lowest BCUT2D eigenvalue weighted by molar-refractivity contribution is -0.135. The van der Waals surface area contributed by atoms with E-state index in [1.165, 1.54) is 0 Å². The first-order valence-corrected chi connectivity index (χ1v) is 14.4. The second-order valence-corrected chi connectivity index (χ2v) is 12.8. The van der Waals surface area contributed by atoms with E-state index < -0.39 is 18.6 Å². The average Bonchev–Trinajstić information content (AvgIpc) is 3.00. The molecule has 5 saturated carbocycles. The van der Waals surface area contributed by atoms with Gasteiger partial charge in [-0.25, -0.2) is 0 Å². The fraction of sp³-hybridized carbons (Fsp3) is 1.00. The smallest absolute Gasteiger partial charge is 0.0640 e. The van der Waals surface area contributed by atoms with Crippen LogP contribution < -0.4 is 0 Å². The van der Waals surface area contributed by atoms with Gasteiger partial charge in [0.15, 0.2) is 0 Å². The summed E-state index contributed by atoms with van der Waals surface area (Å²) in [7, 11) is 0. The molecule has 0 radical (unpaired) electrons. The summed E-state index contributed by atoms with van der Waals surface area (Å²) >= 11 is 0. The van der Waals surface area contributed by atoms with Gasteiger partial charge in [0.2, 0.25) is 0 Å². The number of rotatable bonds is 0. The molecule has 5 fully saturated rings. The van der Waals surface area contributed by atoms with Crippen molar-refractivity contribution < 1.29 is 52.4 Å². The van der Waals surface area contributed by atoms with Gasteiger partial charge in [0.05, 0.1) is 61.0 Å². The minimum Gasteiger partial charge on any atom is -0.393 e. The van der Waals surface area contributed by atoms with Gasteiger partial charge in [-0.15, -0.1) is 0 Å². The molecule has 39 heavy (non-hydrogen) atoms. The van der Waals surface area contributed by atoms with Crippen LogP contribution >= 0.6 is 0 Å². The lowest BCUT2D eigenvalue weighted by Gasteiger charge is -2.42. The van der Waals surface area contributed by atoms with Crippen molar-refractivity contribution in [3.05, 3.63) is 0 Å². The number of hydrogen-bond donors (Lipinski definition) is 10. The molecule has 10 N–H and O–H groups in total. The maximum absolute atomic E-state index is 9.00. The molecule has 5 aliphatic rings. The predicted molar refractivity (Wildman–Crippen MR) is 147 cm³/mol. The van der Waals surface area contributed by atoms with Crippen LogP contribution in [0.2, 0.25) is 0 Å². The standard InChI is InChI=1S/4C6H12O2.C5H10O2/c4*1-3-5(7)4(2)6(3)8;1-3-4(6)2-5(3)7/h4*3-8H,1-2H3;3-7H,2H2,1H3/i;;;;2D. The van der Waals surface area contributed by atoms with E-state index in [1.54, 1.807) is 6.92 Å². The second-order valence-electron chi connectivity index (χ2n) is 12.8. The quantitative estimate of drug-likeness (QED) is 0.186. The molecule has 0 aromatic heterocycles. The summed E-state index contributed by atoms with van der Waals surface area (Å²) in [5, 5.41) is 89.6. The zero-order valence-corrected chi connectivity index (χ0v) is 25.0. The Labute approximate surface area is 235 Å². The Morgan fingerprint density at radius 3 is 0.487 bits per heavy atom. The summed E-state index contributed by atoms with van der Waals surface area (Å²) in [6.45, 7) is 16.6. The number of aliphatic hydroxyl groups is 10. The zero-order valence-electron chi connectivity index (χ0n) is 26.0. The van der Waals surface area contributed by atoms with Crippen molar-refractivity contribution in [3.63, 3.8) is 0 Å². The normalized spacial score (nSPS) is 56.9. The molecule has 0 aromatic rings. The first-order chi connectivity index (χ1) is 18.2. The molecular formula is C29H58O10. The van der Waals surface area contributed by atoms with Crippen molar-refractivity contribution in [1.29, 1.82) is 0 Å². The van der Waals surface area contributed by atoms with Gasteiger partial charge in [0, 0.05) is 54.6 Å². The molecule has 0 aromatic carbocycles. The Morgan fingerprint density at radius 1 is 0.308 bits per heavy atom. The summed E-state index contributed by atoms with van der Waals surface area (Å²) in [4.78, 5) is 0. The molecule has 2 atom stereocenters. The minimum atomic E-state index is -0.662. The average molecular weight is 568 g/mol. The number of aliphatic hydroxyl groups excluding tert-OH is 10. The Hall–Kier alpha value is -0.400. The Bertz CT molecular complexity index is 448. The van der Waals surface area contributed by atoms with Gasteiger partial charge in [-0.3, -0.25) is 0 Å². The highest BCUT2D eigenvalue weighted by atomic mass is 16.3. The zero-order chi connectivity index (χ0) is 31.5. The predicted octanol–water partition coefficient (Wildman–Crippen LogP) is -0.276. The molecule has 10 nitrogen and oxygen atoms in total. The molecule has 0 spiro atoms. The van der Waals surface area contributed by atoms with Crippen LogP contribution in [-0.4, -0.2) is 112 Å². The first-order valence-electron chi connectivity index (χ1n) is 15.0. The molecule has 0 aliphatic heterocycles. The van der Waals surface area contributed by atoms with Crippen LogP contribution in [0, 0.1) is 53.3 Å².